The molecule has 4 heteroatoms. The Kier molecular flexibility index (Phi) is 3.81. The summed E-state index contributed by atoms with van der Waals surface area (Å²) in [5.41, 5.74) is 0.413. The van der Waals surface area contributed by atoms with E-state index in [4.69, 9.17) is 5.26 Å². The van der Waals surface area contributed by atoms with E-state index in [2.05, 4.69) is 5.32 Å². The normalized spacial score (nSPS) is 11.5. The largest absolute Gasteiger partial charge is 0.351 e. The first-order valence-electron chi connectivity index (χ1n) is 4.56. The highest BCUT2D eigenvalue weighted by Crippen LogP contribution is 2.05. The molecule has 1 N–H and O–H groups in total. The Labute approximate surface area is 87.5 Å². The summed E-state index contributed by atoms with van der Waals surface area (Å²) in [5.74, 6) is -1.46. The van der Waals surface area contributed by atoms with Gasteiger partial charge in [-0.1, -0.05) is 18.2 Å². The number of hydrogen-bond acceptors (Lipinski definition) is 2. The van der Waals surface area contributed by atoms with Crippen molar-refractivity contribution in [3.05, 3.63) is 35.6 Å². The Morgan fingerprint density at radius 3 is 2.87 bits per heavy atom. The predicted octanol–water partition coefficient (Wildman–Crippen LogP) is 1.60. The molecule has 1 aromatic carbocycles. The van der Waals surface area contributed by atoms with Gasteiger partial charge in [-0.2, -0.15) is 5.26 Å². The van der Waals surface area contributed by atoms with Crippen LogP contribution < -0.4 is 5.32 Å². The van der Waals surface area contributed by atoms with Gasteiger partial charge in [0, 0.05) is 12.1 Å². The third kappa shape index (κ3) is 3.06. The van der Waals surface area contributed by atoms with Gasteiger partial charge in [-0.05, 0) is 13.0 Å². The lowest BCUT2D eigenvalue weighted by molar-refractivity contribution is -0.123. The van der Waals surface area contributed by atoms with E-state index in [1.807, 2.05) is 6.07 Å². The molecule has 15 heavy (non-hydrogen) atoms. The van der Waals surface area contributed by atoms with Gasteiger partial charge in [-0.15, -0.1) is 0 Å². The molecule has 78 valence electrons. The number of rotatable bonds is 3. The molecular weight excluding hydrogens is 195 g/mol. The summed E-state index contributed by atoms with van der Waals surface area (Å²) in [4.78, 5) is 11.2. The number of carbonyl (C=O) groups is 1. The fourth-order valence-electron chi connectivity index (χ4n) is 1.04. The van der Waals surface area contributed by atoms with Crippen molar-refractivity contribution in [2.45, 2.75) is 13.5 Å². The summed E-state index contributed by atoms with van der Waals surface area (Å²) in [6, 6.07) is 8.00. The molecule has 0 saturated carbocycles. The van der Waals surface area contributed by atoms with Crippen LogP contribution >= 0.6 is 0 Å². The molecule has 0 heterocycles. The number of amides is 1. The molecule has 1 atom stereocenters. The summed E-state index contributed by atoms with van der Waals surface area (Å²) < 4.78 is 13.1. The second-order valence-electron chi connectivity index (χ2n) is 3.16. The van der Waals surface area contributed by atoms with Gasteiger partial charge in [0.1, 0.15) is 11.7 Å². The second-order valence-corrected chi connectivity index (χ2v) is 3.16. The Morgan fingerprint density at radius 2 is 2.27 bits per heavy atom. The Morgan fingerprint density at radius 1 is 1.60 bits per heavy atom. The van der Waals surface area contributed by atoms with E-state index in [-0.39, 0.29) is 18.3 Å². The number of nitriles is 1. The van der Waals surface area contributed by atoms with Crippen LogP contribution in [0.4, 0.5) is 4.39 Å². The van der Waals surface area contributed by atoms with Crippen LogP contribution in [-0.2, 0) is 11.3 Å². The van der Waals surface area contributed by atoms with E-state index in [0.29, 0.717) is 5.56 Å². The molecule has 0 aliphatic carbocycles. The van der Waals surface area contributed by atoms with Gasteiger partial charge in [-0.3, -0.25) is 4.79 Å². The van der Waals surface area contributed by atoms with Gasteiger partial charge < -0.3 is 5.32 Å². The predicted molar refractivity (Wildman–Crippen MR) is 53.0 cm³/mol. The molecule has 0 saturated heterocycles. The van der Waals surface area contributed by atoms with Crippen molar-refractivity contribution in [2.75, 3.05) is 0 Å². The first kappa shape index (κ1) is 11.2. The molecule has 0 radical (unpaired) electrons. The van der Waals surface area contributed by atoms with Crippen LogP contribution in [0.25, 0.3) is 0 Å². The Balaban J connectivity index is 2.55. The minimum Gasteiger partial charge on any atom is -0.351 e. The van der Waals surface area contributed by atoms with E-state index in [1.165, 1.54) is 13.0 Å². The van der Waals surface area contributed by atoms with Crippen LogP contribution in [0.2, 0.25) is 0 Å². The fraction of sp³-hybridized carbons (Fsp3) is 0.273. The molecule has 0 aliphatic rings. The zero-order chi connectivity index (χ0) is 11.3. The number of nitrogens with zero attached hydrogens (tertiary/aromatic N) is 1. The van der Waals surface area contributed by atoms with Crippen LogP contribution in [0.3, 0.4) is 0 Å². The minimum absolute atomic E-state index is 0.109. The third-order valence-electron chi connectivity index (χ3n) is 2.00. The summed E-state index contributed by atoms with van der Waals surface area (Å²) in [5, 5.41) is 11.0. The van der Waals surface area contributed by atoms with Crippen molar-refractivity contribution in [1.82, 2.24) is 5.32 Å². The molecule has 0 bridgehead atoms. The lowest BCUT2D eigenvalue weighted by atomic mass is 10.1. The van der Waals surface area contributed by atoms with E-state index >= 15 is 0 Å². The molecular formula is C11H11FN2O. The first-order valence-corrected chi connectivity index (χ1v) is 4.56. The highest BCUT2D eigenvalue weighted by Gasteiger charge is 2.11. The van der Waals surface area contributed by atoms with Crippen LogP contribution in [-0.4, -0.2) is 5.91 Å². The quantitative estimate of drug-likeness (QED) is 0.816. The maximum atomic E-state index is 13.1. The number of halogens is 1. The highest BCUT2D eigenvalue weighted by molar-refractivity contribution is 5.80. The molecule has 1 amide bonds. The lowest BCUT2D eigenvalue weighted by Gasteiger charge is -2.06. The maximum absolute atomic E-state index is 13.1. The van der Waals surface area contributed by atoms with Crippen molar-refractivity contribution < 1.29 is 9.18 Å². The molecule has 0 aromatic heterocycles. The topological polar surface area (TPSA) is 52.9 Å². The van der Waals surface area contributed by atoms with E-state index in [9.17, 15) is 9.18 Å². The van der Waals surface area contributed by atoms with E-state index < -0.39 is 5.92 Å². The van der Waals surface area contributed by atoms with Crippen molar-refractivity contribution in [3.63, 3.8) is 0 Å². The second kappa shape index (κ2) is 5.11. The summed E-state index contributed by atoms with van der Waals surface area (Å²) in [6.07, 6.45) is 0. The Hall–Kier alpha value is -1.89. The van der Waals surface area contributed by atoms with E-state index in [1.54, 1.807) is 18.2 Å². The molecule has 1 rings (SSSR count). The molecule has 0 fully saturated rings. The zero-order valence-electron chi connectivity index (χ0n) is 8.33. The van der Waals surface area contributed by atoms with Crippen LogP contribution in [0.5, 0.6) is 0 Å². The van der Waals surface area contributed by atoms with Gasteiger partial charge in [0.25, 0.3) is 0 Å². The monoisotopic (exact) mass is 206 g/mol. The summed E-state index contributed by atoms with van der Waals surface area (Å²) in [6.45, 7) is 1.61. The average Bonchev–Trinajstić information content (AvgIpc) is 2.26. The number of benzene rings is 1. The van der Waals surface area contributed by atoms with Gasteiger partial charge in [-0.25, -0.2) is 4.39 Å². The smallest absolute Gasteiger partial charge is 0.237 e. The number of nitrogens with one attached hydrogen (secondary N) is 1. The highest BCUT2D eigenvalue weighted by atomic mass is 19.1. The van der Waals surface area contributed by atoms with Crippen molar-refractivity contribution >= 4 is 5.91 Å². The molecule has 3 nitrogen and oxygen atoms in total. The fourth-order valence-corrected chi connectivity index (χ4v) is 1.04. The van der Waals surface area contributed by atoms with Crippen LogP contribution in [0.1, 0.15) is 12.5 Å². The Bertz CT molecular complexity index is 398. The van der Waals surface area contributed by atoms with Gasteiger partial charge in [0.15, 0.2) is 0 Å². The maximum Gasteiger partial charge on any atom is 0.237 e. The summed E-state index contributed by atoms with van der Waals surface area (Å²) in [7, 11) is 0. The SMILES string of the molecule is CC(C#N)C(=O)NCc1ccccc1F. The van der Waals surface area contributed by atoms with E-state index in [0.717, 1.165) is 0 Å². The number of hydrogen-bond donors (Lipinski definition) is 1. The average molecular weight is 206 g/mol. The molecule has 0 spiro atoms. The molecule has 0 aliphatic heterocycles. The lowest BCUT2D eigenvalue weighted by Crippen LogP contribution is -2.28. The van der Waals surface area contributed by atoms with Gasteiger partial charge >= 0.3 is 0 Å². The van der Waals surface area contributed by atoms with Crippen molar-refractivity contribution in [1.29, 1.82) is 5.26 Å². The summed E-state index contributed by atoms with van der Waals surface area (Å²) >= 11 is 0. The van der Waals surface area contributed by atoms with Crippen LogP contribution in [0, 0.1) is 23.1 Å². The van der Waals surface area contributed by atoms with Crippen LogP contribution in [0.15, 0.2) is 24.3 Å². The first-order chi connectivity index (χ1) is 7.15. The minimum atomic E-state index is -0.711. The third-order valence-corrected chi connectivity index (χ3v) is 2.00. The van der Waals surface area contributed by atoms with Crippen molar-refractivity contribution in [3.8, 4) is 6.07 Å². The van der Waals surface area contributed by atoms with Gasteiger partial charge in [0.05, 0.1) is 6.07 Å². The van der Waals surface area contributed by atoms with Crippen molar-refractivity contribution in [2.24, 2.45) is 5.92 Å². The molecule has 1 aromatic rings. The standard InChI is InChI=1S/C11H11FN2O/c1-8(6-13)11(15)14-7-9-4-2-3-5-10(9)12/h2-5,8H,7H2,1H3,(H,14,15). The molecule has 1 unspecified atom stereocenters. The van der Waals surface area contributed by atoms with Gasteiger partial charge in [0.2, 0.25) is 5.91 Å². The number of carbonyl (C=O) groups excluding carboxylic acids is 1. The zero-order valence-corrected chi connectivity index (χ0v) is 8.33.